The topological polar surface area (TPSA) is 78.5 Å². The molecule has 7 heteroatoms. The van der Waals surface area contributed by atoms with Gasteiger partial charge >= 0.3 is 6.03 Å². The fourth-order valence-electron chi connectivity index (χ4n) is 6.31. The molecule has 5 rings (SSSR count). The first kappa shape index (κ1) is 19.4. The molecule has 1 aromatic rings. The highest BCUT2D eigenvalue weighted by Crippen LogP contribution is 2.39. The van der Waals surface area contributed by atoms with Gasteiger partial charge in [0.25, 0.3) is 0 Å². The zero-order valence-corrected chi connectivity index (χ0v) is 18.0. The molecule has 2 aliphatic heterocycles. The number of carbonyl (C=O) groups excluding carboxylic acids is 1. The van der Waals surface area contributed by atoms with Crippen LogP contribution in [-0.4, -0.2) is 43.2 Å². The summed E-state index contributed by atoms with van der Waals surface area (Å²) in [7, 11) is -3.68. The monoisotopic (exact) mass is 417 g/mol. The predicted molar refractivity (Wildman–Crippen MR) is 114 cm³/mol. The molecule has 2 bridgehead atoms. The van der Waals surface area contributed by atoms with Gasteiger partial charge in [-0.2, -0.15) is 0 Å². The minimum absolute atomic E-state index is 0.337. The molecule has 2 heterocycles. The van der Waals surface area contributed by atoms with E-state index in [1.165, 1.54) is 22.3 Å². The van der Waals surface area contributed by atoms with Crippen LogP contribution in [0, 0.1) is 0 Å². The summed E-state index contributed by atoms with van der Waals surface area (Å²) in [5.74, 6) is 0. The number of sulfonamides is 1. The minimum Gasteiger partial charge on any atom is -0.307 e. The van der Waals surface area contributed by atoms with Crippen LogP contribution in [0.15, 0.2) is 6.07 Å². The van der Waals surface area contributed by atoms with Gasteiger partial charge < -0.3 is 5.32 Å². The smallest absolute Gasteiger partial charge is 0.307 e. The van der Waals surface area contributed by atoms with Gasteiger partial charge in [0.2, 0.25) is 10.0 Å². The van der Waals surface area contributed by atoms with Gasteiger partial charge in [0.15, 0.2) is 0 Å². The number of aryl methyl sites for hydroxylation is 2. The number of fused-ring (bicyclic) bond motifs is 4. The number of amides is 2. The van der Waals surface area contributed by atoms with Crippen molar-refractivity contribution in [3.8, 4) is 0 Å². The number of nitrogens with zero attached hydrogens (tertiary/aromatic N) is 1. The van der Waals surface area contributed by atoms with Crippen molar-refractivity contribution in [2.75, 3.05) is 11.9 Å². The Morgan fingerprint density at radius 3 is 2.17 bits per heavy atom. The zero-order chi connectivity index (χ0) is 20.2. The number of nitrogens with one attached hydrogen (secondary N) is 2. The number of hydrogen-bond acceptors (Lipinski definition) is 4. The average molecular weight is 418 g/mol. The van der Waals surface area contributed by atoms with Crippen molar-refractivity contribution in [1.29, 1.82) is 0 Å². The summed E-state index contributed by atoms with van der Waals surface area (Å²) in [5.41, 5.74) is 5.97. The van der Waals surface area contributed by atoms with Crippen molar-refractivity contribution in [1.82, 2.24) is 9.62 Å². The Morgan fingerprint density at radius 1 is 1.03 bits per heavy atom. The molecule has 29 heavy (non-hydrogen) atoms. The molecule has 2 N–H and O–H groups in total. The molecule has 0 radical (unpaired) electrons. The normalized spacial score (nSPS) is 28.2. The lowest BCUT2D eigenvalue weighted by Gasteiger charge is -2.37. The number of benzene rings is 1. The van der Waals surface area contributed by atoms with Crippen molar-refractivity contribution < 1.29 is 13.2 Å². The second-order valence-electron chi connectivity index (χ2n) is 9.14. The molecule has 2 fully saturated rings. The second kappa shape index (κ2) is 7.27. The van der Waals surface area contributed by atoms with E-state index in [0.29, 0.717) is 24.9 Å². The van der Waals surface area contributed by atoms with Crippen molar-refractivity contribution in [3.63, 3.8) is 0 Å². The highest BCUT2D eigenvalue weighted by molar-refractivity contribution is 7.90. The molecule has 2 amide bonds. The van der Waals surface area contributed by atoms with E-state index in [2.05, 4.69) is 27.9 Å². The third-order valence-electron chi connectivity index (χ3n) is 7.59. The van der Waals surface area contributed by atoms with E-state index >= 15 is 0 Å². The van der Waals surface area contributed by atoms with Gasteiger partial charge in [-0.25, -0.2) is 17.9 Å². The SMILES string of the molecule is CCN1[C@@H]2CC[C@H]1C[C@@H](S(=O)(=O)NC(=O)Nc1c3c(cc4c1CCC4)CCC3)C2. The van der Waals surface area contributed by atoms with E-state index in [0.717, 1.165) is 63.6 Å². The summed E-state index contributed by atoms with van der Waals surface area (Å²) in [5, 5.41) is 2.48. The van der Waals surface area contributed by atoms with E-state index in [9.17, 15) is 13.2 Å². The number of urea groups is 1. The largest absolute Gasteiger partial charge is 0.332 e. The molecule has 2 aliphatic carbocycles. The van der Waals surface area contributed by atoms with Crippen LogP contribution in [0.25, 0.3) is 0 Å². The number of carbonyl (C=O) groups is 1. The summed E-state index contributed by atoms with van der Waals surface area (Å²) in [6.07, 6.45) is 9.63. The first-order valence-corrected chi connectivity index (χ1v) is 12.8. The van der Waals surface area contributed by atoms with E-state index in [1.54, 1.807) is 0 Å². The van der Waals surface area contributed by atoms with Gasteiger partial charge in [0.05, 0.1) is 5.25 Å². The Bertz CT molecular complexity index is 897. The molecule has 4 aliphatic rings. The van der Waals surface area contributed by atoms with Crippen LogP contribution < -0.4 is 10.0 Å². The molecule has 0 aromatic heterocycles. The van der Waals surface area contributed by atoms with Crippen LogP contribution in [0.3, 0.4) is 0 Å². The van der Waals surface area contributed by atoms with Crippen molar-refractivity contribution in [2.24, 2.45) is 0 Å². The third kappa shape index (κ3) is 3.36. The van der Waals surface area contributed by atoms with Gasteiger partial charge in [-0.15, -0.1) is 0 Å². The molecular weight excluding hydrogens is 386 g/mol. The molecular formula is C22H31N3O3S. The lowest BCUT2D eigenvalue weighted by atomic mass is 9.99. The zero-order valence-electron chi connectivity index (χ0n) is 17.2. The molecule has 0 unspecified atom stereocenters. The van der Waals surface area contributed by atoms with Crippen molar-refractivity contribution >= 4 is 21.7 Å². The van der Waals surface area contributed by atoms with E-state index in [-0.39, 0.29) is 0 Å². The Hall–Kier alpha value is -1.60. The molecule has 0 saturated carbocycles. The first-order chi connectivity index (χ1) is 14.0. The fraction of sp³-hybridized carbons (Fsp3) is 0.682. The predicted octanol–water partition coefficient (Wildman–Crippen LogP) is 3.13. The maximum Gasteiger partial charge on any atom is 0.332 e. The van der Waals surface area contributed by atoms with E-state index < -0.39 is 21.3 Å². The van der Waals surface area contributed by atoms with Crippen molar-refractivity contribution in [2.45, 2.75) is 88.5 Å². The van der Waals surface area contributed by atoms with Gasteiger partial charge in [-0.3, -0.25) is 4.90 Å². The molecule has 1 aromatic carbocycles. The summed E-state index contributed by atoms with van der Waals surface area (Å²) in [6.45, 7) is 3.11. The molecule has 158 valence electrons. The summed E-state index contributed by atoms with van der Waals surface area (Å²) in [4.78, 5) is 15.2. The van der Waals surface area contributed by atoms with Crippen LogP contribution in [-0.2, 0) is 35.7 Å². The van der Waals surface area contributed by atoms with Crippen LogP contribution in [0.1, 0.15) is 67.7 Å². The Kier molecular flexibility index (Phi) is 4.86. The molecule has 3 atom stereocenters. The Labute approximate surface area is 173 Å². The quantitative estimate of drug-likeness (QED) is 0.789. The third-order valence-corrected chi connectivity index (χ3v) is 9.32. The number of piperidine rings is 1. The van der Waals surface area contributed by atoms with Crippen LogP contribution in [0.4, 0.5) is 10.5 Å². The highest BCUT2D eigenvalue weighted by atomic mass is 32.2. The molecule has 0 spiro atoms. The van der Waals surface area contributed by atoms with Crippen LogP contribution >= 0.6 is 0 Å². The van der Waals surface area contributed by atoms with Gasteiger partial charge in [0.1, 0.15) is 0 Å². The number of hydrogen-bond donors (Lipinski definition) is 2. The lowest BCUT2D eigenvalue weighted by Crippen LogP contribution is -2.50. The van der Waals surface area contributed by atoms with E-state index in [4.69, 9.17) is 0 Å². The molecule has 2 saturated heterocycles. The fourth-order valence-corrected chi connectivity index (χ4v) is 7.74. The lowest BCUT2D eigenvalue weighted by molar-refractivity contribution is 0.150. The maximum absolute atomic E-state index is 13.0. The van der Waals surface area contributed by atoms with Gasteiger partial charge in [-0.1, -0.05) is 13.0 Å². The van der Waals surface area contributed by atoms with Gasteiger partial charge in [-0.05, 0) is 93.0 Å². The standard InChI is InChI=1S/C22H31N3O3S/c1-2-25-16-9-10-17(25)13-18(12-16)29(27,28)24-22(26)23-21-19-7-3-5-14(19)11-15-6-4-8-20(15)21/h11,16-18H,2-10,12-13H2,1H3,(H2,23,24,26)/t16-,17+,18+. The highest BCUT2D eigenvalue weighted by Gasteiger charge is 2.44. The van der Waals surface area contributed by atoms with E-state index in [1.807, 2.05) is 0 Å². The average Bonchev–Trinajstić information content (AvgIpc) is 3.38. The summed E-state index contributed by atoms with van der Waals surface area (Å²) >= 11 is 0. The minimum atomic E-state index is -3.68. The number of rotatable bonds is 4. The summed E-state index contributed by atoms with van der Waals surface area (Å²) in [6, 6.07) is 2.39. The Morgan fingerprint density at radius 2 is 1.62 bits per heavy atom. The number of anilines is 1. The van der Waals surface area contributed by atoms with Crippen LogP contribution in [0.2, 0.25) is 0 Å². The molecule has 6 nitrogen and oxygen atoms in total. The summed E-state index contributed by atoms with van der Waals surface area (Å²) < 4.78 is 28.3. The van der Waals surface area contributed by atoms with Crippen molar-refractivity contribution in [3.05, 3.63) is 28.3 Å². The van der Waals surface area contributed by atoms with Gasteiger partial charge in [0, 0.05) is 17.8 Å². The Balaban J connectivity index is 1.32. The van der Waals surface area contributed by atoms with Crippen LogP contribution in [0.5, 0.6) is 0 Å². The second-order valence-corrected chi connectivity index (χ2v) is 11.1. The maximum atomic E-state index is 13.0. The first-order valence-electron chi connectivity index (χ1n) is 11.2.